The molecule has 130 valence electrons. The quantitative estimate of drug-likeness (QED) is 0.688. The molecule has 0 unspecified atom stereocenters. The molecule has 6 nitrogen and oxygen atoms in total. The molecule has 0 saturated carbocycles. The number of hydrogen-bond acceptors (Lipinski definition) is 3. The molecule has 0 radical (unpaired) electrons. The van der Waals surface area contributed by atoms with Gasteiger partial charge in [0.1, 0.15) is 0 Å². The Hall–Kier alpha value is -2.28. The predicted octanol–water partition coefficient (Wildman–Crippen LogP) is 3.34. The standard InChI is InChI=1S/C16H12Cl3N3O3/c17-9-1-3-10(4-2-9)21-14(23)8-20-15(24)16(25)22-11-5-6-12(18)13(19)7-11/h1-7H,8H2,(H,20,24)(H,21,23)(H,22,25). The molecule has 0 bridgehead atoms. The van der Waals surface area contributed by atoms with Crippen molar-refractivity contribution in [1.82, 2.24) is 5.32 Å². The normalized spacial score (nSPS) is 10.0. The molecule has 2 aromatic rings. The summed E-state index contributed by atoms with van der Waals surface area (Å²) in [6, 6.07) is 10.8. The van der Waals surface area contributed by atoms with Gasteiger partial charge in [0.15, 0.2) is 0 Å². The van der Waals surface area contributed by atoms with Crippen LogP contribution >= 0.6 is 34.8 Å². The maximum Gasteiger partial charge on any atom is 0.313 e. The summed E-state index contributed by atoms with van der Waals surface area (Å²) < 4.78 is 0. The number of carbonyl (C=O) groups is 3. The van der Waals surface area contributed by atoms with Crippen molar-refractivity contribution in [3.63, 3.8) is 0 Å². The average Bonchev–Trinajstić information content (AvgIpc) is 2.58. The Morgan fingerprint density at radius 2 is 1.40 bits per heavy atom. The van der Waals surface area contributed by atoms with Crippen LogP contribution in [0.15, 0.2) is 42.5 Å². The molecular formula is C16H12Cl3N3O3. The molecule has 0 aliphatic rings. The van der Waals surface area contributed by atoms with Crippen LogP contribution in [0.2, 0.25) is 15.1 Å². The van der Waals surface area contributed by atoms with E-state index in [1.807, 2.05) is 0 Å². The summed E-state index contributed by atoms with van der Waals surface area (Å²) in [5.74, 6) is -2.38. The van der Waals surface area contributed by atoms with Crippen LogP contribution in [0.4, 0.5) is 11.4 Å². The van der Waals surface area contributed by atoms with Crippen LogP contribution < -0.4 is 16.0 Å². The molecule has 0 fully saturated rings. The van der Waals surface area contributed by atoms with Gasteiger partial charge in [0.2, 0.25) is 5.91 Å². The van der Waals surface area contributed by atoms with Crippen molar-refractivity contribution < 1.29 is 14.4 Å². The summed E-state index contributed by atoms with van der Waals surface area (Å²) in [4.78, 5) is 35.2. The Balaban J connectivity index is 1.82. The Morgan fingerprint density at radius 1 is 0.760 bits per heavy atom. The van der Waals surface area contributed by atoms with Crippen molar-refractivity contribution in [2.75, 3.05) is 17.2 Å². The van der Waals surface area contributed by atoms with Gasteiger partial charge in [0, 0.05) is 16.4 Å². The van der Waals surface area contributed by atoms with Crippen molar-refractivity contribution in [2.24, 2.45) is 0 Å². The summed E-state index contributed by atoms with van der Waals surface area (Å²) in [7, 11) is 0. The van der Waals surface area contributed by atoms with Crippen LogP contribution in [0.25, 0.3) is 0 Å². The molecule has 0 aliphatic heterocycles. The summed E-state index contributed by atoms with van der Waals surface area (Å²) >= 11 is 17.3. The van der Waals surface area contributed by atoms with Gasteiger partial charge in [0.05, 0.1) is 16.6 Å². The molecule has 0 heterocycles. The lowest BCUT2D eigenvalue weighted by atomic mass is 10.3. The number of halogens is 3. The number of amides is 3. The van der Waals surface area contributed by atoms with E-state index in [4.69, 9.17) is 34.8 Å². The number of nitrogens with one attached hydrogen (secondary N) is 3. The van der Waals surface area contributed by atoms with Gasteiger partial charge in [-0.3, -0.25) is 14.4 Å². The van der Waals surface area contributed by atoms with E-state index in [0.29, 0.717) is 21.4 Å². The Bertz CT molecular complexity index is 810. The molecule has 9 heteroatoms. The highest BCUT2D eigenvalue weighted by Gasteiger charge is 2.15. The number of anilines is 2. The molecular weight excluding hydrogens is 389 g/mol. The van der Waals surface area contributed by atoms with Crippen molar-refractivity contribution in [3.8, 4) is 0 Å². The van der Waals surface area contributed by atoms with E-state index in [1.54, 1.807) is 24.3 Å². The van der Waals surface area contributed by atoms with E-state index in [1.165, 1.54) is 18.2 Å². The molecule has 0 atom stereocenters. The second-order valence-electron chi connectivity index (χ2n) is 4.82. The highest BCUT2D eigenvalue weighted by molar-refractivity contribution is 6.43. The van der Waals surface area contributed by atoms with Crippen LogP contribution in [-0.4, -0.2) is 24.3 Å². The monoisotopic (exact) mass is 399 g/mol. The lowest BCUT2D eigenvalue weighted by Crippen LogP contribution is -2.39. The van der Waals surface area contributed by atoms with E-state index in [0.717, 1.165) is 0 Å². The lowest BCUT2D eigenvalue weighted by Gasteiger charge is -2.08. The first kappa shape index (κ1) is 19.1. The third-order valence-corrected chi connectivity index (χ3v) is 3.91. The Kier molecular flexibility index (Phi) is 6.64. The number of benzene rings is 2. The van der Waals surface area contributed by atoms with Crippen molar-refractivity contribution in [3.05, 3.63) is 57.5 Å². The predicted molar refractivity (Wildman–Crippen MR) is 98.2 cm³/mol. The van der Waals surface area contributed by atoms with Crippen LogP contribution in [-0.2, 0) is 14.4 Å². The maximum absolute atomic E-state index is 11.8. The first-order chi connectivity index (χ1) is 11.8. The SMILES string of the molecule is O=C(CNC(=O)C(=O)Nc1ccc(Cl)c(Cl)c1)Nc1ccc(Cl)cc1. The third kappa shape index (κ3) is 5.94. The van der Waals surface area contributed by atoms with Gasteiger partial charge in [-0.1, -0.05) is 34.8 Å². The van der Waals surface area contributed by atoms with Crippen molar-refractivity contribution in [1.29, 1.82) is 0 Å². The highest BCUT2D eigenvalue weighted by atomic mass is 35.5. The maximum atomic E-state index is 11.8. The fourth-order valence-electron chi connectivity index (χ4n) is 1.74. The van der Waals surface area contributed by atoms with Crippen LogP contribution in [0.1, 0.15) is 0 Å². The molecule has 2 aromatic carbocycles. The molecule has 0 saturated heterocycles. The second-order valence-corrected chi connectivity index (χ2v) is 6.07. The number of rotatable bonds is 4. The van der Waals surface area contributed by atoms with Gasteiger partial charge in [-0.25, -0.2) is 0 Å². The van der Waals surface area contributed by atoms with Crippen LogP contribution in [0, 0.1) is 0 Å². The second kappa shape index (κ2) is 8.71. The zero-order valence-corrected chi connectivity index (χ0v) is 14.9. The van der Waals surface area contributed by atoms with Gasteiger partial charge < -0.3 is 16.0 Å². The zero-order valence-electron chi connectivity index (χ0n) is 12.6. The van der Waals surface area contributed by atoms with E-state index in [-0.39, 0.29) is 11.6 Å². The molecule has 3 amide bonds. The fraction of sp³-hybridized carbons (Fsp3) is 0.0625. The summed E-state index contributed by atoms with van der Waals surface area (Å²) in [5.41, 5.74) is 0.823. The van der Waals surface area contributed by atoms with Gasteiger partial charge in [-0.2, -0.15) is 0 Å². The summed E-state index contributed by atoms with van der Waals surface area (Å²) in [6.45, 7) is -0.365. The number of carbonyl (C=O) groups excluding carboxylic acids is 3. The highest BCUT2D eigenvalue weighted by Crippen LogP contribution is 2.24. The van der Waals surface area contributed by atoms with Crippen LogP contribution in [0.5, 0.6) is 0 Å². The third-order valence-electron chi connectivity index (χ3n) is 2.92. The summed E-state index contributed by atoms with van der Waals surface area (Å²) in [5, 5.41) is 8.20. The topological polar surface area (TPSA) is 87.3 Å². The molecule has 25 heavy (non-hydrogen) atoms. The van der Waals surface area contributed by atoms with Crippen molar-refractivity contribution in [2.45, 2.75) is 0 Å². The largest absolute Gasteiger partial charge is 0.339 e. The zero-order chi connectivity index (χ0) is 18.4. The fourth-order valence-corrected chi connectivity index (χ4v) is 2.17. The van der Waals surface area contributed by atoms with Gasteiger partial charge >= 0.3 is 11.8 Å². The minimum Gasteiger partial charge on any atom is -0.339 e. The smallest absolute Gasteiger partial charge is 0.313 e. The molecule has 0 aromatic heterocycles. The van der Waals surface area contributed by atoms with E-state index in [2.05, 4.69) is 16.0 Å². The van der Waals surface area contributed by atoms with Gasteiger partial charge in [-0.05, 0) is 42.5 Å². The van der Waals surface area contributed by atoms with Gasteiger partial charge in [-0.15, -0.1) is 0 Å². The van der Waals surface area contributed by atoms with E-state index in [9.17, 15) is 14.4 Å². The lowest BCUT2D eigenvalue weighted by molar-refractivity contribution is -0.136. The Morgan fingerprint density at radius 3 is 2.04 bits per heavy atom. The van der Waals surface area contributed by atoms with Crippen molar-refractivity contribution >= 4 is 63.9 Å². The van der Waals surface area contributed by atoms with Crippen LogP contribution in [0.3, 0.4) is 0 Å². The molecule has 3 N–H and O–H groups in total. The molecule has 2 rings (SSSR count). The first-order valence-corrected chi connectivity index (χ1v) is 8.08. The van der Waals surface area contributed by atoms with E-state index >= 15 is 0 Å². The number of hydrogen-bond donors (Lipinski definition) is 3. The molecule has 0 spiro atoms. The minimum atomic E-state index is -0.961. The summed E-state index contributed by atoms with van der Waals surface area (Å²) in [6.07, 6.45) is 0. The average molecular weight is 401 g/mol. The van der Waals surface area contributed by atoms with Gasteiger partial charge in [0.25, 0.3) is 0 Å². The minimum absolute atomic E-state index is 0.238. The first-order valence-electron chi connectivity index (χ1n) is 6.95. The molecule has 0 aliphatic carbocycles. The Labute approximate surface area is 158 Å². The van der Waals surface area contributed by atoms with E-state index < -0.39 is 17.7 Å².